The van der Waals surface area contributed by atoms with Crippen LogP contribution in [0.3, 0.4) is 0 Å². The third kappa shape index (κ3) is 2.93. The minimum Gasteiger partial charge on any atom is -0.428 e. The molecule has 1 N–H and O–H groups in total. The molecule has 0 fully saturated rings. The molecule has 19 heavy (non-hydrogen) atoms. The number of aryl methyl sites for hydroxylation is 1. The first-order valence-electron chi connectivity index (χ1n) is 5.66. The lowest BCUT2D eigenvalue weighted by Crippen LogP contribution is -2.15. The van der Waals surface area contributed by atoms with Crippen molar-refractivity contribution >= 4 is 33.1 Å². The van der Waals surface area contributed by atoms with Crippen molar-refractivity contribution in [2.45, 2.75) is 13.8 Å². The quantitative estimate of drug-likeness (QED) is 0.876. The highest BCUT2D eigenvalue weighted by Crippen LogP contribution is 2.26. The van der Waals surface area contributed by atoms with E-state index >= 15 is 0 Å². The van der Waals surface area contributed by atoms with E-state index in [-0.39, 0.29) is 11.3 Å². The largest absolute Gasteiger partial charge is 0.428 e. The molecule has 0 atom stereocenters. The van der Waals surface area contributed by atoms with Gasteiger partial charge in [-0.3, -0.25) is 4.79 Å². The molecule has 0 saturated heterocycles. The van der Waals surface area contributed by atoms with Crippen LogP contribution in [0.15, 0.2) is 44.0 Å². The van der Waals surface area contributed by atoms with Crippen molar-refractivity contribution in [3.63, 3.8) is 0 Å². The van der Waals surface area contributed by atoms with Gasteiger partial charge in [-0.05, 0) is 41.9 Å². The molecule has 1 aromatic carbocycles. The molecule has 0 unspecified atom stereocenters. The number of rotatable bonds is 3. The Morgan fingerprint density at radius 3 is 2.58 bits per heavy atom. The number of hydrogen-bond acceptors (Lipinski definition) is 4. The lowest BCUT2D eigenvalue weighted by Gasteiger charge is -2.11. The summed E-state index contributed by atoms with van der Waals surface area (Å²) < 4.78 is 5.79. The van der Waals surface area contributed by atoms with E-state index in [0.29, 0.717) is 11.4 Å². The van der Waals surface area contributed by atoms with Crippen molar-refractivity contribution in [3.8, 4) is 0 Å². The van der Waals surface area contributed by atoms with Crippen molar-refractivity contribution < 1.29 is 9.21 Å². The second kappa shape index (κ2) is 5.40. The lowest BCUT2D eigenvalue weighted by atomic mass is 10.1. The summed E-state index contributed by atoms with van der Waals surface area (Å²) in [6.45, 7) is 3.00. The molecule has 0 aliphatic rings. The molecular weight excluding hydrogens is 310 g/mol. The summed E-state index contributed by atoms with van der Waals surface area (Å²) in [5, 5.41) is 3.08. The van der Waals surface area contributed by atoms with Gasteiger partial charge < -0.3 is 9.73 Å². The van der Waals surface area contributed by atoms with Crippen LogP contribution in [0, 0.1) is 6.92 Å². The molecule has 2 aromatic rings. The Morgan fingerprint density at radius 1 is 1.26 bits per heavy atom. The van der Waals surface area contributed by atoms with Crippen molar-refractivity contribution in [2.24, 2.45) is 0 Å². The van der Waals surface area contributed by atoms with Crippen molar-refractivity contribution in [3.05, 3.63) is 56.5 Å². The van der Waals surface area contributed by atoms with Crippen LogP contribution in [-0.4, -0.2) is 5.78 Å². The maximum absolute atomic E-state index is 11.7. The lowest BCUT2D eigenvalue weighted by molar-refractivity contribution is 0.101. The Kier molecular flexibility index (Phi) is 3.85. The predicted molar refractivity (Wildman–Crippen MR) is 77.1 cm³/mol. The molecule has 0 spiro atoms. The third-order valence-corrected chi connectivity index (χ3v) is 3.26. The monoisotopic (exact) mass is 321 g/mol. The molecular formula is C14H12BrNO3. The zero-order valence-electron chi connectivity index (χ0n) is 10.5. The maximum Gasteiger partial charge on any atom is 0.348 e. The first kappa shape index (κ1) is 13.5. The van der Waals surface area contributed by atoms with Gasteiger partial charge in [0, 0.05) is 10.5 Å². The summed E-state index contributed by atoms with van der Waals surface area (Å²) >= 11 is 3.40. The second-order valence-electron chi connectivity index (χ2n) is 4.09. The fraction of sp³-hybridized carbons (Fsp3) is 0.143. The first-order chi connectivity index (χ1) is 8.99. The van der Waals surface area contributed by atoms with E-state index < -0.39 is 5.63 Å². The van der Waals surface area contributed by atoms with E-state index in [1.165, 1.54) is 6.92 Å². The van der Waals surface area contributed by atoms with Crippen LogP contribution in [0.25, 0.3) is 0 Å². The van der Waals surface area contributed by atoms with E-state index in [1.54, 1.807) is 13.0 Å². The van der Waals surface area contributed by atoms with Gasteiger partial charge in [0.05, 0.1) is 11.4 Å². The minimum atomic E-state index is -0.623. The highest BCUT2D eigenvalue weighted by molar-refractivity contribution is 9.10. The summed E-state index contributed by atoms with van der Waals surface area (Å²) in [5.74, 6) is 0.118. The van der Waals surface area contributed by atoms with Crippen molar-refractivity contribution in [1.82, 2.24) is 0 Å². The van der Waals surface area contributed by atoms with Crippen LogP contribution >= 0.6 is 15.9 Å². The van der Waals surface area contributed by atoms with Gasteiger partial charge in [0.2, 0.25) is 0 Å². The number of anilines is 2. The summed E-state index contributed by atoms with van der Waals surface area (Å²) in [5.41, 5.74) is 0.631. The third-order valence-electron chi connectivity index (χ3n) is 2.57. The second-order valence-corrected chi connectivity index (χ2v) is 4.95. The number of para-hydroxylation sites is 1. The van der Waals surface area contributed by atoms with Gasteiger partial charge in [-0.1, -0.05) is 12.1 Å². The van der Waals surface area contributed by atoms with E-state index in [1.807, 2.05) is 24.3 Å². The van der Waals surface area contributed by atoms with E-state index in [4.69, 9.17) is 4.42 Å². The topological polar surface area (TPSA) is 59.3 Å². The minimum absolute atomic E-state index is 0.0290. The molecule has 0 bridgehead atoms. The summed E-state index contributed by atoms with van der Waals surface area (Å²) in [6.07, 6.45) is 0. The fourth-order valence-corrected chi connectivity index (χ4v) is 2.14. The molecule has 0 aliphatic carbocycles. The van der Waals surface area contributed by atoms with Gasteiger partial charge in [-0.2, -0.15) is 0 Å². The highest BCUT2D eigenvalue weighted by Gasteiger charge is 2.15. The molecule has 0 radical (unpaired) electrons. The van der Waals surface area contributed by atoms with Gasteiger partial charge in [-0.25, -0.2) is 4.79 Å². The zero-order valence-corrected chi connectivity index (χ0v) is 12.1. The van der Waals surface area contributed by atoms with Crippen LogP contribution in [0.5, 0.6) is 0 Å². The predicted octanol–water partition coefficient (Wildman–Crippen LogP) is 3.66. The Hall–Kier alpha value is -1.88. The number of Topliss-reactive ketones (excluding diaryl/α,β-unsaturated/α-hetero) is 1. The van der Waals surface area contributed by atoms with Gasteiger partial charge in [0.15, 0.2) is 5.78 Å². The van der Waals surface area contributed by atoms with Crippen LogP contribution < -0.4 is 10.9 Å². The standard InChI is InChI=1S/C14H12BrNO3/c1-8-7-12(13(9(2)17)14(18)19-8)16-11-6-4-3-5-10(11)15/h3-7,16H,1-2H3. The van der Waals surface area contributed by atoms with Crippen LogP contribution in [0.2, 0.25) is 0 Å². The fourth-order valence-electron chi connectivity index (χ4n) is 1.75. The number of hydrogen-bond donors (Lipinski definition) is 1. The van der Waals surface area contributed by atoms with Crippen LogP contribution in [0.1, 0.15) is 23.0 Å². The van der Waals surface area contributed by atoms with Crippen molar-refractivity contribution in [1.29, 1.82) is 0 Å². The molecule has 5 heteroatoms. The number of carbonyl (C=O) groups is 1. The number of ketones is 1. The first-order valence-corrected chi connectivity index (χ1v) is 6.45. The van der Waals surface area contributed by atoms with Gasteiger partial charge in [-0.15, -0.1) is 0 Å². The molecule has 0 saturated carbocycles. The average Bonchev–Trinajstić information content (AvgIpc) is 2.30. The molecule has 98 valence electrons. The molecule has 2 rings (SSSR count). The number of nitrogens with one attached hydrogen (secondary N) is 1. The Labute approximate surface area is 118 Å². The highest BCUT2D eigenvalue weighted by atomic mass is 79.9. The van der Waals surface area contributed by atoms with Gasteiger partial charge >= 0.3 is 5.63 Å². The molecule has 1 heterocycles. The molecule has 0 amide bonds. The Bertz CT molecular complexity index is 691. The van der Waals surface area contributed by atoms with Crippen molar-refractivity contribution in [2.75, 3.05) is 5.32 Å². The van der Waals surface area contributed by atoms with E-state index in [9.17, 15) is 9.59 Å². The van der Waals surface area contributed by atoms with Crippen LogP contribution in [-0.2, 0) is 0 Å². The summed E-state index contributed by atoms with van der Waals surface area (Å²) in [4.78, 5) is 23.3. The SMILES string of the molecule is CC(=O)c1c(Nc2ccccc2Br)cc(C)oc1=O. The number of carbonyl (C=O) groups excluding carboxylic acids is 1. The summed E-state index contributed by atoms with van der Waals surface area (Å²) in [6, 6.07) is 9.09. The van der Waals surface area contributed by atoms with Gasteiger partial charge in [0.25, 0.3) is 0 Å². The molecule has 4 nitrogen and oxygen atoms in total. The van der Waals surface area contributed by atoms with Gasteiger partial charge in [0.1, 0.15) is 11.3 Å². The molecule has 1 aromatic heterocycles. The van der Waals surface area contributed by atoms with Crippen LogP contribution in [0.4, 0.5) is 11.4 Å². The van der Waals surface area contributed by atoms with E-state index in [0.717, 1.165) is 10.2 Å². The summed E-state index contributed by atoms with van der Waals surface area (Å²) in [7, 11) is 0. The number of benzene rings is 1. The van der Waals surface area contributed by atoms with E-state index in [2.05, 4.69) is 21.2 Å². The maximum atomic E-state index is 11.7. The Balaban J connectivity index is 2.54. The smallest absolute Gasteiger partial charge is 0.348 e. The number of halogens is 1. The molecule has 0 aliphatic heterocycles. The zero-order chi connectivity index (χ0) is 14.0. The average molecular weight is 322 g/mol. The Morgan fingerprint density at radius 2 is 1.95 bits per heavy atom. The normalized spacial score (nSPS) is 10.3.